The summed E-state index contributed by atoms with van der Waals surface area (Å²) in [6, 6.07) is 5.18. The number of hydrogen-bond acceptors (Lipinski definition) is 7. The first kappa shape index (κ1) is 30.6. The fourth-order valence-corrected chi connectivity index (χ4v) is 9.82. The van der Waals surface area contributed by atoms with Gasteiger partial charge in [-0.25, -0.2) is 32.8 Å². The van der Waals surface area contributed by atoms with E-state index in [1.54, 1.807) is 37.0 Å². The van der Waals surface area contributed by atoms with Crippen LogP contribution in [-0.4, -0.2) is 69.0 Å². The van der Waals surface area contributed by atoms with E-state index < -0.39 is 26.0 Å². The second-order valence-corrected chi connectivity index (χ2v) is 19.8. The maximum Gasteiger partial charge on any atom is 0.267 e. The summed E-state index contributed by atoms with van der Waals surface area (Å²) in [5.74, 6) is 0.796. The topological polar surface area (TPSA) is 121 Å². The minimum atomic E-state index is -4.12. The van der Waals surface area contributed by atoms with Crippen molar-refractivity contribution in [1.29, 1.82) is 0 Å². The quantitative estimate of drug-likeness (QED) is 0.342. The number of amides is 1. The molecule has 0 saturated heterocycles. The van der Waals surface area contributed by atoms with Crippen LogP contribution < -0.4 is 9.46 Å². The monoisotopic (exact) mass is 616 g/mol. The lowest BCUT2D eigenvalue weighted by molar-refractivity contribution is 0.0978. The van der Waals surface area contributed by atoms with E-state index in [-0.39, 0.29) is 21.8 Å². The first-order valence-corrected chi connectivity index (χ1v) is 18.8. The third-order valence-electron chi connectivity index (χ3n) is 9.14. The highest BCUT2D eigenvalue weighted by Crippen LogP contribution is 2.66. The summed E-state index contributed by atoms with van der Waals surface area (Å²) in [6.45, 7) is 8.78. The summed E-state index contributed by atoms with van der Waals surface area (Å²) in [5.41, 5.74) is 1.03. The molecule has 3 heterocycles. The van der Waals surface area contributed by atoms with Gasteiger partial charge in [0, 0.05) is 36.2 Å². The molecule has 1 unspecified atom stereocenters. The SMILES string of the molecule is Cc1nn(C)cc1S(=O)(=O)NC(=O)c1ccc(-n2ccc(OCCC3(S(C)(C)C)CC3)n2)nc1C1C[C@@H](C)CC1(C)C. The Morgan fingerprint density at radius 1 is 1.14 bits per heavy atom. The number of hydrogen-bond donors (Lipinski definition) is 1. The molecule has 3 aromatic heterocycles. The molecule has 230 valence electrons. The predicted octanol–water partition coefficient (Wildman–Crippen LogP) is 4.96. The third-order valence-corrected chi connectivity index (χ3v) is 13.8. The van der Waals surface area contributed by atoms with E-state index in [4.69, 9.17) is 9.72 Å². The first-order valence-electron chi connectivity index (χ1n) is 14.5. The van der Waals surface area contributed by atoms with Crippen molar-refractivity contribution >= 4 is 26.0 Å². The fraction of sp³-hybridized carbons (Fsp3) is 0.600. The van der Waals surface area contributed by atoms with Crippen LogP contribution >= 0.6 is 10.0 Å². The normalized spacial score (nSPS) is 21.7. The number of sulfonamides is 1. The fourth-order valence-electron chi connectivity index (χ4n) is 6.61. The minimum Gasteiger partial charge on any atom is -0.477 e. The van der Waals surface area contributed by atoms with Crippen LogP contribution in [0, 0.1) is 18.3 Å². The van der Waals surface area contributed by atoms with Crippen molar-refractivity contribution < 1.29 is 17.9 Å². The molecule has 42 heavy (non-hydrogen) atoms. The molecule has 1 amide bonds. The van der Waals surface area contributed by atoms with Crippen LogP contribution in [-0.2, 0) is 17.1 Å². The Hall–Kier alpha value is -2.86. The van der Waals surface area contributed by atoms with Gasteiger partial charge in [-0.1, -0.05) is 20.8 Å². The van der Waals surface area contributed by atoms with E-state index in [0.29, 0.717) is 40.4 Å². The molecule has 5 rings (SSSR count). The number of aryl methyl sites for hydroxylation is 2. The summed E-state index contributed by atoms with van der Waals surface area (Å²) >= 11 is 0. The van der Waals surface area contributed by atoms with E-state index in [9.17, 15) is 13.2 Å². The number of carbonyl (C=O) groups is 1. The lowest BCUT2D eigenvalue weighted by Gasteiger charge is -2.36. The molecule has 2 aliphatic carbocycles. The second kappa shape index (κ2) is 10.7. The lowest BCUT2D eigenvalue weighted by Crippen LogP contribution is -2.33. The molecule has 3 aromatic rings. The zero-order chi connectivity index (χ0) is 30.7. The molecule has 2 atom stereocenters. The van der Waals surface area contributed by atoms with Gasteiger partial charge in [-0.2, -0.15) is 5.10 Å². The van der Waals surface area contributed by atoms with Crippen molar-refractivity contribution in [1.82, 2.24) is 29.3 Å². The van der Waals surface area contributed by atoms with Crippen molar-refractivity contribution in [3.63, 3.8) is 0 Å². The Balaban J connectivity index is 1.41. The molecule has 0 bridgehead atoms. The van der Waals surface area contributed by atoms with Gasteiger partial charge in [-0.05, 0) is 81.3 Å². The molecule has 2 saturated carbocycles. The summed E-state index contributed by atoms with van der Waals surface area (Å²) in [4.78, 5) is 18.5. The summed E-state index contributed by atoms with van der Waals surface area (Å²) in [6.07, 6.45) is 15.7. The number of nitrogens with one attached hydrogen (secondary N) is 1. The molecule has 0 aromatic carbocycles. The van der Waals surface area contributed by atoms with Crippen LogP contribution in [0.4, 0.5) is 0 Å². The first-order chi connectivity index (χ1) is 19.5. The maximum atomic E-state index is 13.6. The van der Waals surface area contributed by atoms with E-state index in [0.717, 1.165) is 19.3 Å². The summed E-state index contributed by atoms with van der Waals surface area (Å²) < 4.78 is 38.1. The van der Waals surface area contributed by atoms with Gasteiger partial charge in [-0.15, -0.1) is 5.10 Å². The smallest absolute Gasteiger partial charge is 0.267 e. The number of nitrogens with zero attached hydrogens (tertiary/aromatic N) is 5. The molecule has 10 nitrogen and oxygen atoms in total. The van der Waals surface area contributed by atoms with E-state index in [2.05, 4.69) is 54.5 Å². The molecule has 2 fully saturated rings. The van der Waals surface area contributed by atoms with Crippen LogP contribution in [0.1, 0.15) is 80.5 Å². The number of aromatic nitrogens is 5. The molecule has 0 radical (unpaired) electrons. The molecule has 12 heteroatoms. The minimum absolute atomic E-state index is 0.0279. The van der Waals surface area contributed by atoms with Crippen LogP contribution in [0.15, 0.2) is 35.5 Å². The lowest BCUT2D eigenvalue weighted by atomic mass is 9.78. The molecule has 2 aliphatic rings. The van der Waals surface area contributed by atoms with E-state index in [1.807, 2.05) is 6.07 Å². The van der Waals surface area contributed by atoms with Crippen molar-refractivity contribution in [3.05, 3.63) is 47.5 Å². The van der Waals surface area contributed by atoms with Crippen molar-refractivity contribution in [2.75, 3.05) is 25.4 Å². The molecular formula is C30H44N6O4S2. The van der Waals surface area contributed by atoms with Crippen LogP contribution in [0.2, 0.25) is 0 Å². The third kappa shape index (κ3) is 5.97. The van der Waals surface area contributed by atoms with Crippen LogP contribution in [0.3, 0.4) is 0 Å². The van der Waals surface area contributed by atoms with Gasteiger partial charge in [0.05, 0.1) is 23.6 Å². The van der Waals surface area contributed by atoms with Gasteiger partial charge >= 0.3 is 0 Å². The van der Waals surface area contributed by atoms with Crippen molar-refractivity contribution in [2.24, 2.45) is 18.4 Å². The van der Waals surface area contributed by atoms with Crippen LogP contribution in [0.5, 0.6) is 5.88 Å². The molecular weight excluding hydrogens is 573 g/mol. The number of rotatable bonds is 10. The zero-order valence-electron chi connectivity index (χ0n) is 26.0. The van der Waals surface area contributed by atoms with Gasteiger partial charge in [-0.3, -0.25) is 9.48 Å². The Bertz CT molecular complexity index is 1600. The average molecular weight is 617 g/mol. The highest BCUT2D eigenvalue weighted by atomic mass is 32.3. The van der Waals surface area contributed by atoms with Gasteiger partial charge in [0.1, 0.15) is 4.90 Å². The summed E-state index contributed by atoms with van der Waals surface area (Å²) in [5, 5.41) is 8.73. The highest BCUT2D eigenvalue weighted by Gasteiger charge is 2.49. The Kier molecular flexibility index (Phi) is 7.79. The number of pyridine rings is 1. The number of carbonyl (C=O) groups excluding carboxylic acids is 1. The standard InChI is InChI=1S/C30H44N6O4S2/c1-20-17-23(29(3,4)18-20)27-22(28(37)34-42(38,39)24-19-35(5)32-21(24)2)9-10-25(31-27)36-15-11-26(33-36)40-16-14-30(12-13-30)41(6,7)8/h9-11,15,19-20,23H,12-14,16-18H2,1-8H3,(H,34,37)/t20-,23?/m1/s1. The Labute approximate surface area is 251 Å². The van der Waals surface area contributed by atoms with Gasteiger partial charge in [0.2, 0.25) is 5.88 Å². The Morgan fingerprint density at radius 2 is 1.86 bits per heavy atom. The largest absolute Gasteiger partial charge is 0.477 e. The van der Waals surface area contributed by atoms with E-state index >= 15 is 0 Å². The second-order valence-electron chi connectivity index (χ2n) is 13.6. The van der Waals surface area contributed by atoms with Crippen molar-refractivity contribution in [3.8, 4) is 11.7 Å². The van der Waals surface area contributed by atoms with Crippen molar-refractivity contribution in [2.45, 2.75) is 75.4 Å². The maximum absolute atomic E-state index is 13.6. The van der Waals surface area contributed by atoms with Gasteiger partial charge in [0.15, 0.2) is 5.82 Å². The predicted molar refractivity (Wildman–Crippen MR) is 166 cm³/mol. The number of ether oxygens (including phenoxy) is 1. The zero-order valence-corrected chi connectivity index (χ0v) is 27.6. The van der Waals surface area contributed by atoms with Gasteiger partial charge < -0.3 is 4.74 Å². The average Bonchev–Trinajstić information content (AvgIpc) is 3.25. The molecule has 0 spiro atoms. The molecule has 0 aliphatic heterocycles. The Morgan fingerprint density at radius 3 is 2.43 bits per heavy atom. The van der Waals surface area contributed by atoms with Gasteiger partial charge in [0.25, 0.3) is 15.9 Å². The van der Waals surface area contributed by atoms with Crippen LogP contribution in [0.25, 0.3) is 5.82 Å². The highest BCUT2D eigenvalue weighted by molar-refractivity contribution is 8.33. The summed E-state index contributed by atoms with van der Waals surface area (Å²) in [7, 11) is -3.12. The van der Waals surface area contributed by atoms with E-state index in [1.165, 1.54) is 23.7 Å². The molecule has 1 N–H and O–H groups in total.